The van der Waals surface area contributed by atoms with Gasteiger partial charge in [-0.25, -0.2) is 8.42 Å². The van der Waals surface area contributed by atoms with Gasteiger partial charge in [-0.15, -0.1) is 0 Å². The van der Waals surface area contributed by atoms with Crippen LogP contribution < -0.4 is 0 Å². The average molecular weight is 406 g/mol. The predicted molar refractivity (Wildman–Crippen MR) is 100 cm³/mol. The zero-order valence-corrected chi connectivity index (χ0v) is 16.2. The second-order valence-electron chi connectivity index (χ2n) is 6.57. The fourth-order valence-corrected chi connectivity index (χ4v) is 3.50. The van der Waals surface area contributed by atoms with Gasteiger partial charge in [-0.3, -0.25) is 9.97 Å². The van der Waals surface area contributed by atoms with Crippen molar-refractivity contribution in [3.8, 4) is 22.4 Å². The number of rotatable bonds is 3. The molecule has 0 amide bonds. The maximum Gasteiger partial charge on any atom is 0.417 e. The highest BCUT2D eigenvalue weighted by molar-refractivity contribution is 7.90. The van der Waals surface area contributed by atoms with Crippen LogP contribution in [0.4, 0.5) is 13.2 Å². The molecule has 4 nitrogen and oxygen atoms in total. The molecule has 0 N–H and O–H groups in total. The van der Waals surface area contributed by atoms with Crippen LogP contribution >= 0.6 is 0 Å². The summed E-state index contributed by atoms with van der Waals surface area (Å²) in [6.45, 7) is 3.27. The van der Waals surface area contributed by atoms with Gasteiger partial charge in [0.1, 0.15) is 0 Å². The molecule has 0 unspecified atom stereocenters. The summed E-state index contributed by atoms with van der Waals surface area (Å²) >= 11 is 0. The Morgan fingerprint density at radius 3 is 2.11 bits per heavy atom. The van der Waals surface area contributed by atoms with Gasteiger partial charge in [-0.2, -0.15) is 13.2 Å². The summed E-state index contributed by atoms with van der Waals surface area (Å²) in [5, 5.41) is 0. The zero-order valence-electron chi connectivity index (χ0n) is 15.4. The highest BCUT2D eigenvalue weighted by Crippen LogP contribution is 2.40. The first-order valence-electron chi connectivity index (χ1n) is 8.28. The number of sulfone groups is 1. The first kappa shape index (κ1) is 20.0. The molecule has 0 bridgehead atoms. The van der Waals surface area contributed by atoms with Crippen molar-refractivity contribution in [2.45, 2.75) is 24.9 Å². The van der Waals surface area contributed by atoms with Gasteiger partial charge < -0.3 is 0 Å². The number of nitrogens with zero attached hydrogens (tertiary/aromatic N) is 2. The summed E-state index contributed by atoms with van der Waals surface area (Å²) in [7, 11) is -3.38. The molecule has 1 aromatic carbocycles. The topological polar surface area (TPSA) is 59.9 Å². The number of benzene rings is 1. The van der Waals surface area contributed by atoms with E-state index >= 15 is 0 Å². The molecule has 8 heteroatoms. The second-order valence-corrected chi connectivity index (χ2v) is 8.59. The molecule has 28 heavy (non-hydrogen) atoms. The third kappa shape index (κ3) is 4.06. The van der Waals surface area contributed by atoms with Crippen LogP contribution in [-0.2, 0) is 16.0 Å². The fourth-order valence-electron chi connectivity index (χ4n) is 2.87. The monoisotopic (exact) mass is 406 g/mol. The summed E-state index contributed by atoms with van der Waals surface area (Å²) in [5.41, 5.74) is 1.24. The van der Waals surface area contributed by atoms with E-state index in [-0.39, 0.29) is 21.8 Å². The summed E-state index contributed by atoms with van der Waals surface area (Å²) < 4.78 is 64.1. The standard InChI is InChI=1S/C20H17F3N2O2S/c1-12-8-16(14-4-6-15(7-5-14)28(3,26)27)19(25-10-12)17-11-24-13(2)9-18(17)20(21,22)23/h4-11H,1-3H3. The van der Waals surface area contributed by atoms with Crippen molar-refractivity contribution in [3.63, 3.8) is 0 Å². The number of pyridine rings is 2. The fraction of sp³-hybridized carbons (Fsp3) is 0.200. The van der Waals surface area contributed by atoms with Crippen molar-refractivity contribution in [2.75, 3.05) is 6.26 Å². The number of hydrogen-bond donors (Lipinski definition) is 0. The molecule has 3 rings (SSSR count). The smallest absolute Gasteiger partial charge is 0.261 e. The number of aromatic nitrogens is 2. The minimum absolute atomic E-state index is 0.125. The van der Waals surface area contributed by atoms with Crippen molar-refractivity contribution in [3.05, 3.63) is 65.6 Å². The van der Waals surface area contributed by atoms with Crippen LogP contribution in [0.3, 0.4) is 0 Å². The lowest BCUT2D eigenvalue weighted by Crippen LogP contribution is -2.09. The summed E-state index contributed by atoms with van der Waals surface area (Å²) in [4.78, 5) is 8.39. The van der Waals surface area contributed by atoms with Crippen molar-refractivity contribution in [1.29, 1.82) is 0 Å². The van der Waals surface area contributed by atoms with E-state index in [2.05, 4.69) is 9.97 Å². The maximum absolute atomic E-state index is 13.6. The van der Waals surface area contributed by atoms with Crippen molar-refractivity contribution in [1.82, 2.24) is 9.97 Å². The first-order chi connectivity index (χ1) is 13.0. The molecule has 0 spiro atoms. The van der Waals surface area contributed by atoms with Gasteiger partial charge in [0.25, 0.3) is 0 Å². The lowest BCUT2D eigenvalue weighted by Gasteiger charge is -2.16. The lowest BCUT2D eigenvalue weighted by molar-refractivity contribution is -0.137. The Morgan fingerprint density at radius 2 is 1.54 bits per heavy atom. The Bertz CT molecular complexity index is 1140. The van der Waals surface area contributed by atoms with E-state index in [1.807, 2.05) is 0 Å². The van der Waals surface area contributed by atoms with Crippen LogP contribution in [0.15, 0.2) is 53.7 Å². The molecule has 0 fully saturated rings. The van der Waals surface area contributed by atoms with Crippen molar-refractivity contribution in [2.24, 2.45) is 0 Å². The highest BCUT2D eigenvalue weighted by atomic mass is 32.2. The van der Waals surface area contributed by atoms with E-state index in [1.54, 1.807) is 25.1 Å². The highest BCUT2D eigenvalue weighted by Gasteiger charge is 2.35. The quantitative estimate of drug-likeness (QED) is 0.624. The molecule has 0 atom stereocenters. The van der Waals surface area contributed by atoms with E-state index in [9.17, 15) is 21.6 Å². The number of hydrogen-bond acceptors (Lipinski definition) is 4. The molecule has 0 aliphatic heterocycles. The molecule has 0 radical (unpaired) electrons. The lowest BCUT2D eigenvalue weighted by atomic mass is 9.96. The number of aryl methyl sites for hydroxylation is 2. The van der Waals surface area contributed by atoms with Gasteiger partial charge >= 0.3 is 6.18 Å². The van der Waals surface area contributed by atoms with E-state index in [0.717, 1.165) is 17.9 Å². The number of halogens is 3. The Balaban J connectivity index is 2.24. The van der Waals surface area contributed by atoms with E-state index in [4.69, 9.17) is 0 Å². The Morgan fingerprint density at radius 1 is 0.893 bits per heavy atom. The zero-order chi connectivity index (χ0) is 20.7. The summed E-state index contributed by atoms with van der Waals surface area (Å²) in [5.74, 6) is 0. The minimum Gasteiger partial charge on any atom is -0.261 e. The van der Waals surface area contributed by atoms with E-state index in [1.165, 1.54) is 31.5 Å². The Labute approximate surface area is 161 Å². The molecule has 0 aliphatic carbocycles. The molecule has 2 aromatic heterocycles. The van der Waals surface area contributed by atoms with Gasteiger partial charge in [-0.05, 0) is 49.2 Å². The largest absolute Gasteiger partial charge is 0.417 e. The van der Waals surface area contributed by atoms with Crippen molar-refractivity contribution < 1.29 is 21.6 Å². The van der Waals surface area contributed by atoms with Crippen LogP contribution in [0.2, 0.25) is 0 Å². The molecular formula is C20H17F3N2O2S. The SMILES string of the molecule is Cc1cnc(-c2cnc(C)cc2C(F)(F)F)c(-c2ccc(S(C)(=O)=O)cc2)c1. The van der Waals surface area contributed by atoms with Gasteiger partial charge in [0, 0.05) is 35.5 Å². The number of alkyl halides is 3. The minimum atomic E-state index is -4.56. The normalized spacial score (nSPS) is 12.2. The molecule has 0 aliphatic rings. The molecule has 0 saturated heterocycles. The third-order valence-electron chi connectivity index (χ3n) is 4.22. The van der Waals surface area contributed by atoms with Gasteiger partial charge in [-0.1, -0.05) is 12.1 Å². The Kier molecular flexibility index (Phi) is 5.01. The molecule has 2 heterocycles. The van der Waals surface area contributed by atoms with Gasteiger partial charge in [0.15, 0.2) is 9.84 Å². The molecule has 146 valence electrons. The van der Waals surface area contributed by atoms with Crippen LogP contribution in [0, 0.1) is 13.8 Å². The van der Waals surface area contributed by atoms with Gasteiger partial charge in [0.2, 0.25) is 0 Å². The van der Waals surface area contributed by atoms with Crippen LogP contribution in [0.25, 0.3) is 22.4 Å². The summed E-state index contributed by atoms with van der Waals surface area (Å²) in [6, 6.07) is 8.69. The average Bonchev–Trinajstić information content (AvgIpc) is 2.60. The second kappa shape index (κ2) is 7.01. The van der Waals surface area contributed by atoms with Crippen LogP contribution in [-0.4, -0.2) is 24.6 Å². The van der Waals surface area contributed by atoms with Crippen LogP contribution in [0.5, 0.6) is 0 Å². The van der Waals surface area contributed by atoms with E-state index < -0.39 is 21.6 Å². The third-order valence-corrected chi connectivity index (χ3v) is 5.35. The van der Waals surface area contributed by atoms with Crippen LogP contribution in [0.1, 0.15) is 16.8 Å². The van der Waals surface area contributed by atoms with Gasteiger partial charge in [0.05, 0.1) is 16.2 Å². The Hall–Kier alpha value is -2.74. The molecular weight excluding hydrogens is 389 g/mol. The molecule has 0 saturated carbocycles. The van der Waals surface area contributed by atoms with Crippen molar-refractivity contribution >= 4 is 9.84 Å². The predicted octanol–water partition coefficient (Wildman–Crippen LogP) is 4.85. The molecule has 3 aromatic rings. The first-order valence-corrected chi connectivity index (χ1v) is 10.2. The summed E-state index contributed by atoms with van der Waals surface area (Å²) in [6.07, 6.45) is -0.809. The maximum atomic E-state index is 13.6. The van der Waals surface area contributed by atoms with E-state index in [0.29, 0.717) is 11.1 Å².